The van der Waals surface area contributed by atoms with E-state index in [0.29, 0.717) is 18.4 Å². The summed E-state index contributed by atoms with van der Waals surface area (Å²) in [5, 5.41) is 3.28. The number of benzene rings is 2. The molecule has 3 amide bonds. The molecule has 39 heavy (non-hydrogen) atoms. The smallest absolute Gasteiger partial charge is 0.254 e. The highest BCUT2D eigenvalue weighted by Crippen LogP contribution is 2.33. The molecule has 5 rings (SSSR count). The fraction of sp³-hybridized carbons (Fsp3) is 0.531. The van der Waals surface area contributed by atoms with Crippen molar-refractivity contribution < 1.29 is 14.4 Å². The van der Waals surface area contributed by atoms with Gasteiger partial charge in [0.05, 0.1) is 12.0 Å². The van der Waals surface area contributed by atoms with E-state index in [1.807, 2.05) is 64.1 Å². The lowest BCUT2D eigenvalue weighted by Gasteiger charge is -2.26. The number of amides is 3. The fourth-order valence-electron chi connectivity index (χ4n) is 6.76. The molecule has 4 atom stereocenters. The fourth-order valence-corrected chi connectivity index (χ4v) is 6.76. The topological polar surface area (TPSA) is 73.0 Å². The van der Waals surface area contributed by atoms with E-state index in [2.05, 4.69) is 27.2 Å². The summed E-state index contributed by atoms with van der Waals surface area (Å²) in [6.07, 6.45) is 1.10. The normalized spacial score (nSPS) is 23.9. The third-order valence-corrected chi connectivity index (χ3v) is 8.95. The Bertz CT molecular complexity index is 1180. The molecule has 3 heterocycles. The molecule has 2 aromatic rings. The van der Waals surface area contributed by atoms with Crippen LogP contribution in [-0.2, 0) is 9.59 Å². The predicted octanol–water partition coefficient (Wildman–Crippen LogP) is 3.81. The summed E-state index contributed by atoms with van der Waals surface area (Å²) in [4.78, 5) is 45.3. The van der Waals surface area contributed by atoms with Crippen molar-refractivity contribution in [3.8, 4) is 0 Å². The number of aryl methyl sites for hydroxylation is 2. The van der Waals surface area contributed by atoms with Crippen molar-refractivity contribution in [2.24, 2.45) is 17.8 Å². The second-order valence-electron chi connectivity index (χ2n) is 12.1. The largest absolute Gasteiger partial charge is 0.349 e. The first kappa shape index (κ1) is 27.4. The van der Waals surface area contributed by atoms with Crippen molar-refractivity contribution in [3.05, 3.63) is 70.8 Å². The van der Waals surface area contributed by atoms with E-state index < -0.39 is 0 Å². The van der Waals surface area contributed by atoms with Crippen LogP contribution in [0.25, 0.3) is 0 Å². The van der Waals surface area contributed by atoms with Gasteiger partial charge in [-0.25, -0.2) is 0 Å². The van der Waals surface area contributed by atoms with Crippen LogP contribution in [0.15, 0.2) is 48.5 Å². The highest BCUT2D eigenvalue weighted by molar-refractivity contribution is 5.97. The zero-order valence-electron chi connectivity index (χ0n) is 23.7. The third-order valence-electron chi connectivity index (χ3n) is 8.95. The molecule has 0 radical (unpaired) electrons. The summed E-state index contributed by atoms with van der Waals surface area (Å²) in [6, 6.07) is 16.2. The highest BCUT2D eigenvalue weighted by atomic mass is 16.2. The number of carbonyl (C=O) groups excluding carboxylic acids is 3. The molecule has 2 aromatic carbocycles. The summed E-state index contributed by atoms with van der Waals surface area (Å²) in [5.41, 5.74) is 4.05. The minimum absolute atomic E-state index is 0.0284. The van der Waals surface area contributed by atoms with Gasteiger partial charge in [0.15, 0.2) is 0 Å². The number of fused-ring (bicyclic) bond motifs is 1. The average Bonchev–Trinajstić information content (AvgIpc) is 3.60. The van der Waals surface area contributed by atoms with Gasteiger partial charge in [0.2, 0.25) is 11.8 Å². The van der Waals surface area contributed by atoms with E-state index in [0.717, 1.165) is 61.4 Å². The molecule has 0 aliphatic carbocycles. The van der Waals surface area contributed by atoms with Crippen LogP contribution in [0.3, 0.4) is 0 Å². The van der Waals surface area contributed by atoms with E-state index in [4.69, 9.17) is 0 Å². The molecule has 3 unspecified atom stereocenters. The molecule has 0 saturated carbocycles. The molecular formula is C32H42N4O3. The van der Waals surface area contributed by atoms with Gasteiger partial charge in [-0.1, -0.05) is 48.5 Å². The number of hydrogen-bond donors (Lipinski definition) is 1. The lowest BCUT2D eigenvalue weighted by Crippen LogP contribution is -2.38. The minimum atomic E-state index is -0.294. The minimum Gasteiger partial charge on any atom is -0.349 e. The lowest BCUT2D eigenvalue weighted by atomic mass is 10.0. The summed E-state index contributed by atoms with van der Waals surface area (Å²) >= 11 is 0. The van der Waals surface area contributed by atoms with Gasteiger partial charge in [-0.3, -0.25) is 14.4 Å². The maximum Gasteiger partial charge on any atom is 0.254 e. The van der Waals surface area contributed by atoms with Gasteiger partial charge in [-0.05, 0) is 62.6 Å². The zero-order valence-corrected chi connectivity index (χ0v) is 23.7. The van der Waals surface area contributed by atoms with E-state index >= 15 is 0 Å². The Hall–Kier alpha value is -3.19. The second-order valence-corrected chi connectivity index (χ2v) is 12.1. The number of likely N-dealkylation sites (tertiary alicyclic amines) is 3. The van der Waals surface area contributed by atoms with Gasteiger partial charge in [0, 0.05) is 57.3 Å². The quantitative estimate of drug-likeness (QED) is 0.563. The molecule has 0 bridgehead atoms. The number of nitrogens with one attached hydrogen (secondary N) is 1. The standard InChI is InChI=1S/C32H42N4O3/c1-21(2)36-20-25(15-29(36)37)31(38)33-28(24-11-6-5-7-12-24)13-14-34-16-26-18-35(19-27(26)17-34)32(39)30-22(3)9-8-10-23(30)4/h5-12,21,25-28H,13-20H2,1-4H3,(H,33,38)/t25?,26-,27?,28?/m0/s1. The van der Waals surface area contributed by atoms with Crippen molar-refractivity contribution in [2.75, 3.05) is 39.3 Å². The zero-order chi connectivity index (χ0) is 27.7. The molecule has 3 aliphatic heterocycles. The van der Waals surface area contributed by atoms with Crippen LogP contribution in [0.4, 0.5) is 0 Å². The monoisotopic (exact) mass is 530 g/mol. The van der Waals surface area contributed by atoms with E-state index in [-0.39, 0.29) is 42.1 Å². The van der Waals surface area contributed by atoms with Crippen molar-refractivity contribution in [3.63, 3.8) is 0 Å². The summed E-state index contributed by atoms with van der Waals surface area (Å²) in [7, 11) is 0. The van der Waals surface area contributed by atoms with Crippen LogP contribution < -0.4 is 5.32 Å². The van der Waals surface area contributed by atoms with Crippen molar-refractivity contribution in [1.82, 2.24) is 20.0 Å². The molecule has 0 aromatic heterocycles. The number of nitrogens with zero attached hydrogens (tertiary/aromatic N) is 3. The molecule has 3 fully saturated rings. The van der Waals surface area contributed by atoms with Crippen molar-refractivity contribution in [2.45, 2.75) is 52.6 Å². The van der Waals surface area contributed by atoms with Crippen LogP contribution in [0, 0.1) is 31.6 Å². The van der Waals surface area contributed by atoms with Gasteiger partial charge in [0.1, 0.15) is 0 Å². The van der Waals surface area contributed by atoms with E-state index in [1.165, 1.54) is 0 Å². The van der Waals surface area contributed by atoms with Crippen LogP contribution in [-0.4, -0.2) is 77.7 Å². The molecule has 208 valence electrons. The predicted molar refractivity (Wildman–Crippen MR) is 152 cm³/mol. The number of rotatable bonds is 8. The van der Waals surface area contributed by atoms with Gasteiger partial charge in [-0.2, -0.15) is 0 Å². The first-order valence-corrected chi connectivity index (χ1v) is 14.4. The molecule has 3 aliphatic rings. The Labute approximate surface area is 232 Å². The van der Waals surface area contributed by atoms with Crippen LogP contribution in [0.1, 0.15) is 59.8 Å². The van der Waals surface area contributed by atoms with Gasteiger partial charge < -0.3 is 20.0 Å². The van der Waals surface area contributed by atoms with E-state index in [1.54, 1.807) is 4.90 Å². The maximum absolute atomic E-state index is 13.3. The van der Waals surface area contributed by atoms with Crippen LogP contribution in [0.2, 0.25) is 0 Å². The van der Waals surface area contributed by atoms with Gasteiger partial charge in [-0.15, -0.1) is 0 Å². The molecule has 7 heteroatoms. The van der Waals surface area contributed by atoms with Gasteiger partial charge >= 0.3 is 0 Å². The third kappa shape index (κ3) is 5.88. The average molecular weight is 531 g/mol. The molecule has 1 N–H and O–H groups in total. The molecule has 0 spiro atoms. The molecule has 7 nitrogen and oxygen atoms in total. The first-order valence-electron chi connectivity index (χ1n) is 14.4. The SMILES string of the molecule is Cc1cccc(C)c1C(=O)N1CC2CN(CCC(NC(=O)C3CC(=O)N(C(C)C)C3)c3ccccc3)C[C@H]2C1. The highest BCUT2D eigenvalue weighted by Gasteiger charge is 2.42. The van der Waals surface area contributed by atoms with Crippen LogP contribution >= 0.6 is 0 Å². The van der Waals surface area contributed by atoms with E-state index in [9.17, 15) is 14.4 Å². The number of hydrogen-bond acceptors (Lipinski definition) is 4. The van der Waals surface area contributed by atoms with Crippen LogP contribution in [0.5, 0.6) is 0 Å². The summed E-state index contributed by atoms with van der Waals surface area (Å²) < 4.78 is 0. The first-order chi connectivity index (χ1) is 18.7. The maximum atomic E-state index is 13.3. The Kier molecular flexibility index (Phi) is 8.08. The Morgan fingerprint density at radius 2 is 1.54 bits per heavy atom. The summed E-state index contributed by atoms with van der Waals surface area (Å²) in [6.45, 7) is 13.0. The number of carbonyl (C=O) groups is 3. The Morgan fingerprint density at radius 1 is 0.897 bits per heavy atom. The Morgan fingerprint density at radius 3 is 2.13 bits per heavy atom. The summed E-state index contributed by atoms with van der Waals surface area (Å²) in [5.74, 6) is 0.899. The van der Waals surface area contributed by atoms with Gasteiger partial charge in [0.25, 0.3) is 5.91 Å². The second kappa shape index (κ2) is 11.5. The molecule has 3 saturated heterocycles. The van der Waals surface area contributed by atoms with Crippen molar-refractivity contribution >= 4 is 17.7 Å². The lowest BCUT2D eigenvalue weighted by molar-refractivity contribution is -0.130. The molecular weight excluding hydrogens is 488 g/mol. The van der Waals surface area contributed by atoms with Crippen molar-refractivity contribution in [1.29, 1.82) is 0 Å². The Balaban J connectivity index is 1.17.